The Balaban J connectivity index is 2.59. The van der Waals surface area contributed by atoms with Crippen LogP contribution in [-0.2, 0) is 0 Å². The summed E-state index contributed by atoms with van der Waals surface area (Å²) in [6.07, 6.45) is 1.13. The Kier molecular flexibility index (Phi) is 2.72. The molecule has 2 aromatic rings. The molecule has 0 saturated heterocycles. The van der Waals surface area contributed by atoms with Gasteiger partial charge in [-0.3, -0.25) is 0 Å². The van der Waals surface area contributed by atoms with Gasteiger partial charge in [-0.2, -0.15) is 0 Å². The first-order chi connectivity index (χ1) is 7.72. The number of rotatable bonds is 2. The lowest BCUT2D eigenvalue weighted by Gasteiger charge is -2.07. The van der Waals surface area contributed by atoms with Crippen LogP contribution in [0.25, 0.3) is 11.1 Å². The number of ether oxygens (including phenoxy) is 1. The first kappa shape index (κ1) is 10.4. The maximum atomic E-state index is 13.6. The molecule has 16 heavy (non-hydrogen) atoms. The van der Waals surface area contributed by atoms with Gasteiger partial charge in [-0.05, 0) is 6.07 Å². The summed E-state index contributed by atoms with van der Waals surface area (Å²) < 4.78 is 18.6. The maximum Gasteiger partial charge on any atom is 0.213 e. The Morgan fingerprint density at radius 2 is 2.00 bits per heavy atom. The van der Waals surface area contributed by atoms with Gasteiger partial charge in [0.05, 0.1) is 13.3 Å². The summed E-state index contributed by atoms with van der Waals surface area (Å²) in [7, 11) is 1.48. The third-order valence-electron chi connectivity index (χ3n) is 2.29. The van der Waals surface area contributed by atoms with Crippen LogP contribution in [0.2, 0.25) is 0 Å². The van der Waals surface area contributed by atoms with E-state index < -0.39 is 5.82 Å². The number of anilines is 1. The molecule has 0 aliphatic rings. The van der Waals surface area contributed by atoms with Crippen LogP contribution in [0.3, 0.4) is 0 Å². The van der Waals surface area contributed by atoms with Gasteiger partial charge in [-0.15, -0.1) is 0 Å². The molecule has 0 saturated carbocycles. The fraction of sp³-hybridized carbons (Fsp3) is 0.0833. The van der Waals surface area contributed by atoms with Gasteiger partial charge < -0.3 is 10.5 Å². The van der Waals surface area contributed by atoms with Crippen molar-refractivity contribution >= 4 is 5.69 Å². The minimum Gasteiger partial charge on any atom is -0.481 e. The van der Waals surface area contributed by atoms with E-state index in [1.54, 1.807) is 24.3 Å². The first-order valence-corrected chi connectivity index (χ1v) is 4.77. The second-order valence-electron chi connectivity index (χ2n) is 3.29. The highest BCUT2D eigenvalue weighted by molar-refractivity contribution is 5.76. The molecule has 0 radical (unpaired) electrons. The Hall–Kier alpha value is -2.10. The summed E-state index contributed by atoms with van der Waals surface area (Å²) in [6.45, 7) is 0. The predicted octanol–water partition coefficient (Wildman–Crippen LogP) is 2.48. The van der Waals surface area contributed by atoms with Crippen molar-refractivity contribution in [2.75, 3.05) is 12.8 Å². The van der Waals surface area contributed by atoms with E-state index in [0.29, 0.717) is 22.7 Å². The summed E-state index contributed by atoms with van der Waals surface area (Å²) in [5.74, 6) is -0.0571. The number of hydrogen-bond acceptors (Lipinski definition) is 3. The van der Waals surface area contributed by atoms with E-state index in [0.717, 1.165) is 6.20 Å². The minimum absolute atomic E-state index is 0.361. The number of para-hydroxylation sites is 1. The molecule has 82 valence electrons. The number of halogens is 1. The van der Waals surface area contributed by atoms with Crippen LogP contribution < -0.4 is 10.5 Å². The lowest BCUT2D eigenvalue weighted by molar-refractivity contribution is 0.396. The number of hydrogen-bond donors (Lipinski definition) is 1. The number of pyridine rings is 1. The lowest BCUT2D eigenvalue weighted by atomic mass is 10.0. The zero-order valence-electron chi connectivity index (χ0n) is 8.77. The molecular weight excluding hydrogens is 207 g/mol. The molecule has 0 amide bonds. The molecule has 1 aromatic heterocycles. The van der Waals surface area contributed by atoms with E-state index in [1.807, 2.05) is 0 Å². The van der Waals surface area contributed by atoms with Crippen LogP contribution in [-0.4, -0.2) is 12.1 Å². The van der Waals surface area contributed by atoms with Gasteiger partial charge in [0.25, 0.3) is 0 Å². The van der Waals surface area contributed by atoms with Crippen LogP contribution in [0.5, 0.6) is 5.88 Å². The van der Waals surface area contributed by atoms with E-state index >= 15 is 0 Å². The smallest absolute Gasteiger partial charge is 0.213 e. The summed E-state index contributed by atoms with van der Waals surface area (Å²) in [5, 5.41) is 0. The van der Waals surface area contributed by atoms with Gasteiger partial charge in [0.1, 0.15) is 5.82 Å². The summed E-state index contributed by atoms with van der Waals surface area (Å²) >= 11 is 0. The number of nitrogens with zero attached hydrogens (tertiary/aromatic N) is 1. The Morgan fingerprint density at radius 1 is 1.25 bits per heavy atom. The zero-order chi connectivity index (χ0) is 11.5. The quantitative estimate of drug-likeness (QED) is 0.788. The largest absolute Gasteiger partial charge is 0.481 e. The molecule has 4 heteroatoms. The van der Waals surface area contributed by atoms with Crippen LogP contribution in [0.4, 0.5) is 10.1 Å². The maximum absolute atomic E-state index is 13.6. The Morgan fingerprint density at radius 3 is 2.69 bits per heavy atom. The van der Waals surface area contributed by atoms with E-state index in [9.17, 15) is 4.39 Å². The van der Waals surface area contributed by atoms with Crippen molar-refractivity contribution < 1.29 is 9.13 Å². The van der Waals surface area contributed by atoms with Gasteiger partial charge in [0, 0.05) is 22.9 Å². The number of aromatic nitrogens is 1. The molecule has 0 spiro atoms. The molecule has 0 aliphatic carbocycles. The first-order valence-electron chi connectivity index (χ1n) is 4.77. The van der Waals surface area contributed by atoms with Crippen LogP contribution in [0.15, 0.2) is 36.5 Å². The Labute approximate surface area is 92.7 Å². The number of benzene rings is 1. The summed E-state index contributed by atoms with van der Waals surface area (Å²) in [6, 6.07) is 8.61. The monoisotopic (exact) mass is 218 g/mol. The predicted molar refractivity (Wildman–Crippen MR) is 60.6 cm³/mol. The van der Waals surface area contributed by atoms with E-state index in [4.69, 9.17) is 10.5 Å². The summed E-state index contributed by atoms with van der Waals surface area (Å²) in [5.41, 5.74) is 7.34. The van der Waals surface area contributed by atoms with Gasteiger partial charge in [-0.25, -0.2) is 9.37 Å². The molecule has 3 nitrogen and oxygen atoms in total. The lowest BCUT2D eigenvalue weighted by Crippen LogP contribution is -1.95. The average molecular weight is 218 g/mol. The second kappa shape index (κ2) is 4.18. The normalized spacial score (nSPS) is 10.1. The topological polar surface area (TPSA) is 48.1 Å². The molecule has 0 atom stereocenters. The van der Waals surface area contributed by atoms with Crippen molar-refractivity contribution in [1.29, 1.82) is 0 Å². The van der Waals surface area contributed by atoms with Gasteiger partial charge in [0.2, 0.25) is 5.88 Å². The van der Waals surface area contributed by atoms with Crippen LogP contribution >= 0.6 is 0 Å². The van der Waals surface area contributed by atoms with Crippen LogP contribution in [0.1, 0.15) is 0 Å². The standard InChI is InChI=1S/C12H11FN2O/c1-16-12-6-9(10(13)7-15-12)8-4-2-3-5-11(8)14/h2-7H,14H2,1H3. The van der Waals surface area contributed by atoms with Crippen molar-refractivity contribution in [3.63, 3.8) is 0 Å². The molecule has 2 rings (SSSR count). The molecular formula is C12H11FN2O. The van der Waals surface area contributed by atoms with Gasteiger partial charge in [0.15, 0.2) is 0 Å². The zero-order valence-corrected chi connectivity index (χ0v) is 8.77. The molecule has 0 bridgehead atoms. The number of methoxy groups -OCH3 is 1. The van der Waals surface area contributed by atoms with Gasteiger partial charge in [-0.1, -0.05) is 18.2 Å². The second-order valence-corrected chi connectivity index (χ2v) is 3.29. The Bertz CT molecular complexity index is 514. The van der Waals surface area contributed by atoms with Crippen molar-refractivity contribution in [2.24, 2.45) is 0 Å². The van der Waals surface area contributed by atoms with Crippen molar-refractivity contribution in [3.05, 3.63) is 42.3 Å². The molecule has 0 aliphatic heterocycles. The highest BCUT2D eigenvalue weighted by Crippen LogP contribution is 2.29. The number of nitrogens with two attached hydrogens (primary N) is 1. The van der Waals surface area contributed by atoms with Gasteiger partial charge >= 0.3 is 0 Å². The third-order valence-corrected chi connectivity index (χ3v) is 2.29. The third kappa shape index (κ3) is 1.82. The minimum atomic E-state index is -0.418. The molecule has 1 aromatic carbocycles. The average Bonchev–Trinajstić information content (AvgIpc) is 2.31. The van der Waals surface area contributed by atoms with Crippen LogP contribution in [0, 0.1) is 5.82 Å². The highest BCUT2D eigenvalue weighted by Gasteiger charge is 2.09. The SMILES string of the molecule is COc1cc(-c2ccccc2N)c(F)cn1. The summed E-state index contributed by atoms with van der Waals surface area (Å²) in [4.78, 5) is 3.77. The van der Waals surface area contributed by atoms with Crippen molar-refractivity contribution in [3.8, 4) is 17.0 Å². The van der Waals surface area contributed by atoms with Crippen molar-refractivity contribution in [1.82, 2.24) is 4.98 Å². The molecule has 0 unspecified atom stereocenters. The highest BCUT2D eigenvalue weighted by atomic mass is 19.1. The van der Waals surface area contributed by atoms with Crippen molar-refractivity contribution in [2.45, 2.75) is 0 Å². The molecule has 1 heterocycles. The number of nitrogen functional groups attached to an aromatic ring is 1. The van der Waals surface area contributed by atoms with E-state index in [2.05, 4.69) is 4.98 Å². The van der Waals surface area contributed by atoms with E-state index in [-0.39, 0.29) is 0 Å². The molecule has 0 fully saturated rings. The fourth-order valence-corrected chi connectivity index (χ4v) is 1.48. The molecule has 2 N–H and O–H groups in total. The fourth-order valence-electron chi connectivity index (χ4n) is 1.48. The van der Waals surface area contributed by atoms with E-state index in [1.165, 1.54) is 13.2 Å².